The number of benzene rings is 1. The molecule has 4 heteroatoms. The van der Waals surface area contributed by atoms with Crippen LogP contribution in [0.2, 0.25) is 0 Å². The van der Waals surface area contributed by atoms with E-state index in [1.54, 1.807) is 4.31 Å². The fourth-order valence-electron chi connectivity index (χ4n) is 1.70. The molecule has 0 aromatic heterocycles. The second kappa shape index (κ2) is 4.57. The largest absolute Gasteiger partial charge is 0.447 e. The van der Waals surface area contributed by atoms with Gasteiger partial charge < -0.3 is 4.74 Å². The van der Waals surface area contributed by atoms with Crippen LogP contribution >= 0.6 is 11.9 Å². The van der Waals surface area contributed by atoms with Gasteiger partial charge in [-0.2, -0.15) is 0 Å². The van der Waals surface area contributed by atoms with Crippen LogP contribution in [0.1, 0.15) is 5.56 Å². The third-order valence-electron chi connectivity index (χ3n) is 2.42. The van der Waals surface area contributed by atoms with Crippen LogP contribution in [0.15, 0.2) is 30.3 Å². The number of carbonyl (C=O) groups excluding carboxylic acids is 1. The number of ether oxygens (including phenoxy) is 1. The first-order valence-corrected chi connectivity index (χ1v) is 6.03. The van der Waals surface area contributed by atoms with Gasteiger partial charge in [-0.15, -0.1) is 0 Å². The van der Waals surface area contributed by atoms with E-state index in [0.717, 1.165) is 6.42 Å². The van der Waals surface area contributed by atoms with E-state index >= 15 is 0 Å². The van der Waals surface area contributed by atoms with Gasteiger partial charge in [0.2, 0.25) is 0 Å². The normalized spacial score (nSPS) is 20.5. The summed E-state index contributed by atoms with van der Waals surface area (Å²) in [7, 11) is 0. The van der Waals surface area contributed by atoms with Crippen LogP contribution in [0.25, 0.3) is 0 Å². The second-order valence-corrected chi connectivity index (χ2v) is 4.19. The maximum absolute atomic E-state index is 11.3. The predicted molar refractivity (Wildman–Crippen MR) is 60.6 cm³/mol. The Balaban J connectivity index is 2.04. The molecule has 0 N–H and O–H groups in total. The summed E-state index contributed by atoms with van der Waals surface area (Å²) in [5, 5.41) is 0. The summed E-state index contributed by atoms with van der Waals surface area (Å²) < 4.78 is 6.71. The zero-order chi connectivity index (χ0) is 10.7. The van der Waals surface area contributed by atoms with E-state index in [9.17, 15) is 4.79 Å². The van der Waals surface area contributed by atoms with Crippen molar-refractivity contribution in [3.8, 4) is 0 Å². The van der Waals surface area contributed by atoms with Crippen molar-refractivity contribution in [3.05, 3.63) is 35.9 Å². The van der Waals surface area contributed by atoms with Crippen LogP contribution in [-0.4, -0.2) is 29.3 Å². The summed E-state index contributed by atoms with van der Waals surface area (Å²) in [4.78, 5) is 11.3. The quantitative estimate of drug-likeness (QED) is 0.736. The minimum atomic E-state index is -0.219. The molecule has 1 amide bonds. The number of rotatable bonds is 3. The Labute approximate surface area is 93.5 Å². The summed E-state index contributed by atoms with van der Waals surface area (Å²) in [5.41, 5.74) is 1.24. The van der Waals surface area contributed by atoms with Gasteiger partial charge in [-0.1, -0.05) is 30.3 Å². The number of carbonyl (C=O) groups is 1. The SMILES string of the molecule is CSN1C(=O)OC[C@H]1Cc1ccccc1. The fourth-order valence-corrected chi connectivity index (χ4v) is 2.33. The Morgan fingerprint density at radius 3 is 2.87 bits per heavy atom. The standard InChI is InChI=1S/C11H13NO2S/c1-15-12-10(8-14-11(12)13)7-9-5-3-2-4-6-9/h2-6,10H,7-8H2,1H3/t10-/m1/s1. The Kier molecular flexibility index (Phi) is 3.16. The van der Waals surface area contributed by atoms with E-state index in [4.69, 9.17) is 4.74 Å². The average Bonchev–Trinajstić information content (AvgIpc) is 2.61. The molecule has 2 rings (SSSR count). The molecular formula is C11H13NO2S. The third-order valence-corrected chi connectivity index (χ3v) is 3.26. The lowest BCUT2D eigenvalue weighted by atomic mass is 10.1. The predicted octanol–water partition coefficient (Wildman–Crippen LogP) is 2.33. The smallest absolute Gasteiger partial charge is 0.420 e. The highest BCUT2D eigenvalue weighted by Gasteiger charge is 2.32. The molecule has 3 nitrogen and oxygen atoms in total. The van der Waals surface area contributed by atoms with E-state index in [0.29, 0.717) is 6.61 Å². The van der Waals surface area contributed by atoms with Crippen molar-refractivity contribution >= 4 is 18.0 Å². The molecule has 1 saturated heterocycles. The lowest BCUT2D eigenvalue weighted by Gasteiger charge is -2.17. The van der Waals surface area contributed by atoms with Crippen LogP contribution in [0.3, 0.4) is 0 Å². The number of hydrogen-bond donors (Lipinski definition) is 0. The van der Waals surface area contributed by atoms with Gasteiger partial charge in [0.25, 0.3) is 0 Å². The van der Waals surface area contributed by atoms with Gasteiger partial charge in [-0.25, -0.2) is 9.10 Å². The van der Waals surface area contributed by atoms with Gasteiger partial charge >= 0.3 is 6.09 Å². The van der Waals surface area contributed by atoms with Crippen molar-refractivity contribution in [2.45, 2.75) is 12.5 Å². The van der Waals surface area contributed by atoms with Gasteiger partial charge in [0.15, 0.2) is 0 Å². The van der Waals surface area contributed by atoms with Crippen LogP contribution in [-0.2, 0) is 11.2 Å². The van der Waals surface area contributed by atoms with Gasteiger partial charge in [0.05, 0.1) is 6.04 Å². The highest BCUT2D eigenvalue weighted by atomic mass is 32.2. The average molecular weight is 223 g/mol. The molecule has 1 aliphatic rings. The van der Waals surface area contributed by atoms with Gasteiger partial charge in [0, 0.05) is 6.26 Å². The summed E-state index contributed by atoms with van der Waals surface area (Å²) in [6.07, 6.45) is 2.53. The molecule has 15 heavy (non-hydrogen) atoms. The van der Waals surface area contributed by atoms with Gasteiger partial charge in [-0.05, 0) is 23.9 Å². The highest BCUT2D eigenvalue weighted by Crippen LogP contribution is 2.22. The van der Waals surface area contributed by atoms with Crippen molar-refractivity contribution in [3.63, 3.8) is 0 Å². The van der Waals surface area contributed by atoms with Crippen LogP contribution in [0, 0.1) is 0 Å². The highest BCUT2D eigenvalue weighted by molar-refractivity contribution is 7.96. The van der Waals surface area contributed by atoms with Crippen molar-refractivity contribution in [2.24, 2.45) is 0 Å². The number of nitrogens with zero attached hydrogens (tertiary/aromatic N) is 1. The van der Waals surface area contributed by atoms with E-state index in [2.05, 4.69) is 12.1 Å². The Morgan fingerprint density at radius 2 is 2.20 bits per heavy atom. The lowest BCUT2D eigenvalue weighted by molar-refractivity contribution is 0.171. The third kappa shape index (κ3) is 2.26. The Bertz CT molecular complexity index is 342. The van der Waals surface area contributed by atoms with Crippen molar-refractivity contribution in [1.82, 2.24) is 4.31 Å². The van der Waals surface area contributed by atoms with Gasteiger partial charge in [0.1, 0.15) is 6.61 Å². The molecule has 1 atom stereocenters. The molecule has 1 aromatic rings. The maximum Gasteiger partial charge on any atom is 0.420 e. The van der Waals surface area contributed by atoms with Crippen LogP contribution < -0.4 is 0 Å². The Morgan fingerprint density at radius 1 is 1.47 bits per heavy atom. The topological polar surface area (TPSA) is 29.5 Å². The zero-order valence-electron chi connectivity index (χ0n) is 8.55. The van der Waals surface area contributed by atoms with Gasteiger partial charge in [-0.3, -0.25) is 0 Å². The molecule has 0 spiro atoms. The molecule has 0 bridgehead atoms. The van der Waals surface area contributed by atoms with E-state index in [1.807, 2.05) is 24.5 Å². The second-order valence-electron chi connectivity index (χ2n) is 3.43. The first-order valence-electron chi connectivity index (χ1n) is 4.85. The molecule has 1 heterocycles. The monoisotopic (exact) mass is 223 g/mol. The summed E-state index contributed by atoms with van der Waals surface area (Å²) in [6.45, 7) is 0.495. The summed E-state index contributed by atoms with van der Waals surface area (Å²) in [6, 6.07) is 10.3. The number of cyclic esters (lactones) is 1. The van der Waals surface area contributed by atoms with Crippen LogP contribution in [0.4, 0.5) is 4.79 Å². The molecule has 0 saturated carbocycles. The summed E-state index contributed by atoms with van der Waals surface area (Å²) >= 11 is 1.43. The lowest BCUT2D eigenvalue weighted by Crippen LogP contribution is -2.28. The molecule has 0 radical (unpaired) electrons. The molecular weight excluding hydrogens is 210 g/mol. The van der Waals surface area contributed by atoms with Crippen molar-refractivity contribution in [2.75, 3.05) is 12.9 Å². The summed E-state index contributed by atoms with van der Waals surface area (Å²) in [5.74, 6) is 0. The molecule has 80 valence electrons. The van der Waals surface area contributed by atoms with E-state index in [-0.39, 0.29) is 12.1 Å². The van der Waals surface area contributed by atoms with E-state index in [1.165, 1.54) is 17.5 Å². The molecule has 1 aromatic carbocycles. The molecule has 0 unspecified atom stereocenters. The molecule has 0 aliphatic carbocycles. The maximum atomic E-state index is 11.3. The Hall–Kier alpha value is -1.16. The first-order chi connectivity index (χ1) is 7.31. The van der Waals surface area contributed by atoms with Crippen molar-refractivity contribution in [1.29, 1.82) is 0 Å². The fraction of sp³-hybridized carbons (Fsp3) is 0.364. The zero-order valence-corrected chi connectivity index (χ0v) is 9.37. The minimum Gasteiger partial charge on any atom is -0.447 e. The molecule has 1 fully saturated rings. The van der Waals surface area contributed by atoms with E-state index < -0.39 is 0 Å². The number of hydrogen-bond acceptors (Lipinski definition) is 3. The van der Waals surface area contributed by atoms with Crippen LogP contribution in [0.5, 0.6) is 0 Å². The molecule has 1 aliphatic heterocycles. The van der Waals surface area contributed by atoms with Crippen molar-refractivity contribution < 1.29 is 9.53 Å². The minimum absolute atomic E-state index is 0.162. The first kappa shape index (κ1) is 10.4. The number of amides is 1.